The van der Waals surface area contributed by atoms with Crippen LogP contribution in [0.15, 0.2) is 28.6 Å². The highest BCUT2D eigenvalue weighted by molar-refractivity contribution is 5.96. The van der Waals surface area contributed by atoms with Crippen LogP contribution in [0.5, 0.6) is 0 Å². The normalized spacial score (nSPS) is 14.5. The molecule has 130 valence electrons. The van der Waals surface area contributed by atoms with Crippen molar-refractivity contribution in [3.63, 3.8) is 0 Å². The van der Waals surface area contributed by atoms with Crippen LogP contribution < -0.4 is 0 Å². The molecule has 0 bridgehead atoms. The van der Waals surface area contributed by atoms with Crippen LogP contribution in [0.2, 0.25) is 0 Å². The molecule has 0 aromatic carbocycles. The second kappa shape index (κ2) is 6.20. The Hall–Kier alpha value is -2.07. The molecule has 0 unspecified atom stereocenters. The van der Waals surface area contributed by atoms with Gasteiger partial charge in [-0.2, -0.15) is 35.1 Å². The number of allylic oxidation sites excluding steroid dienone is 1. The summed E-state index contributed by atoms with van der Waals surface area (Å²) in [5.41, 5.74) is -2.55. The zero-order valence-electron chi connectivity index (χ0n) is 11.2. The first-order valence-electron chi connectivity index (χ1n) is 5.81. The predicted octanol–water partition coefficient (Wildman–Crippen LogP) is 4.36. The van der Waals surface area contributed by atoms with E-state index in [0.717, 1.165) is 13.0 Å². The van der Waals surface area contributed by atoms with Gasteiger partial charge in [-0.05, 0) is 19.1 Å². The van der Waals surface area contributed by atoms with Gasteiger partial charge in [0.05, 0.1) is 12.9 Å². The van der Waals surface area contributed by atoms with Crippen LogP contribution >= 0.6 is 0 Å². The Morgan fingerprint density at radius 3 is 2.13 bits per heavy atom. The minimum Gasteiger partial charge on any atom is -0.464 e. The molecule has 1 heterocycles. The number of hydrogen-bond acceptors (Lipinski definition) is 3. The summed E-state index contributed by atoms with van der Waals surface area (Å²) < 4.78 is 112. The zero-order chi connectivity index (χ0) is 18.1. The molecule has 1 aromatic heterocycles. The molecule has 1 aromatic rings. The molecule has 3 nitrogen and oxygen atoms in total. The Bertz CT molecular complexity index is 586. The molecule has 0 spiro atoms. The lowest BCUT2D eigenvalue weighted by Crippen LogP contribution is -2.52. The Balaban J connectivity index is 3.60. The van der Waals surface area contributed by atoms with Crippen molar-refractivity contribution in [3.05, 3.63) is 30.0 Å². The van der Waals surface area contributed by atoms with E-state index in [0.29, 0.717) is 12.3 Å². The van der Waals surface area contributed by atoms with Crippen LogP contribution in [-0.2, 0) is 9.53 Å². The van der Waals surface area contributed by atoms with Gasteiger partial charge in [0.1, 0.15) is 11.3 Å². The maximum Gasteiger partial charge on any atom is 0.460 e. The van der Waals surface area contributed by atoms with Gasteiger partial charge in [-0.1, -0.05) is 0 Å². The quantitative estimate of drug-likeness (QED) is 0.449. The second-order valence-corrected chi connectivity index (χ2v) is 4.03. The van der Waals surface area contributed by atoms with Crippen molar-refractivity contribution in [2.24, 2.45) is 0 Å². The number of ether oxygens (including phenoxy) is 1. The number of rotatable bonds is 5. The number of carbonyl (C=O) groups is 1. The van der Waals surface area contributed by atoms with Crippen molar-refractivity contribution in [3.8, 4) is 0 Å². The lowest BCUT2D eigenvalue weighted by atomic mass is 9.98. The number of hydrogen-bond donors (Lipinski definition) is 0. The molecule has 11 heteroatoms. The molecule has 0 amide bonds. The van der Waals surface area contributed by atoms with Crippen LogP contribution in [-0.4, -0.2) is 30.6 Å². The first-order chi connectivity index (χ1) is 10.4. The van der Waals surface area contributed by atoms with Gasteiger partial charge in [-0.15, -0.1) is 0 Å². The van der Waals surface area contributed by atoms with Gasteiger partial charge >= 0.3 is 24.0 Å². The van der Waals surface area contributed by atoms with Gasteiger partial charge < -0.3 is 9.15 Å². The van der Waals surface area contributed by atoms with Crippen molar-refractivity contribution in [1.82, 2.24) is 0 Å². The van der Waals surface area contributed by atoms with Gasteiger partial charge in [0.2, 0.25) is 5.83 Å². The van der Waals surface area contributed by atoms with Crippen molar-refractivity contribution in [2.45, 2.75) is 24.9 Å². The number of halogens is 8. The average Bonchev–Trinajstić information content (AvgIpc) is 2.90. The summed E-state index contributed by atoms with van der Waals surface area (Å²) in [6.07, 6.45) is -6.08. The summed E-state index contributed by atoms with van der Waals surface area (Å²) in [7, 11) is 0. The Labute approximate surface area is 123 Å². The molecule has 0 fully saturated rings. The summed E-state index contributed by atoms with van der Waals surface area (Å²) in [4.78, 5) is 11.1. The van der Waals surface area contributed by atoms with Gasteiger partial charge in [0.25, 0.3) is 0 Å². The van der Waals surface area contributed by atoms with Gasteiger partial charge in [0, 0.05) is 0 Å². The largest absolute Gasteiger partial charge is 0.464 e. The number of alkyl halides is 7. The van der Waals surface area contributed by atoms with Crippen LogP contribution in [0, 0.1) is 0 Å². The van der Waals surface area contributed by atoms with Gasteiger partial charge in [0.15, 0.2) is 0 Å². The zero-order valence-corrected chi connectivity index (χ0v) is 11.2. The molecule has 0 aliphatic heterocycles. The van der Waals surface area contributed by atoms with Crippen LogP contribution in [0.25, 0.3) is 5.57 Å². The predicted molar refractivity (Wildman–Crippen MR) is 59.3 cm³/mol. The highest BCUT2D eigenvalue weighted by Gasteiger charge is 2.75. The number of furan rings is 1. The maximum atomic E-state index is 13.8. The van der Waals surface area contributed by atoms with E-state index >= 15 is 0 Å². The van der Waals surface area contributed by atoms with Crippen LogP contribution in [0.1, 0.15) is 12.7 Å². The monoisotopic (exact) mass is 352 g/mol. The van der Waals surface area contributed by atoms with Crippen LogP contribution in [0.3, 0.4) is 0 Å². The maximum absolute atomic E-state index is 13.8. The summed E-state index contributed by atoms with van der Waals surface area (Å²) in [5, 5.41) is 0. The number of carbonyl (C=O) groups excluding carboxylic acids is 1. The first kappa shape index (κ1) is 19.0. The third-order valence-electron chi connectivity index (χ3n) is 2.51. The van der Waals surface area contributed by atoms with E-state index in [4.69, 9.17) is 0 Å². The molecule has 0 saturated heterocycles. The van der Waals surface area contributed by atoms with E-state index in [1.807, 2.05) is 0 Å². The topological polar surface area (TPSA) is 39.4 Å². The molecular formula is C12H8F8O3. The first-order valence-corrected chi connectivity index (χ1v) is 5.81. The van der Waals surface area contributed by atoms with E-state index in [-0.39, 0.29) is 0 Å². The Morgan fingerprint density at radius 1 is 1.17 bits per heavy atom. The molecular weight excluding hydrogens is 344 g/mol. The summed E-state index contributed by atoms with van der Waals surface area (Å²) in [5.74, 6) is -18.9. The fourth-order valence-corrected chi connectivity index (χ4v) is 1.45. The highest BCUT2D eigenvalue weighted by atomic mass is 19.4. The smallest absolute Gasteiger partial charge is 0.460 e. The van der Waals surface area contributed by atoms with Crippen molar-refractivity contribution >= 4 is 11.5 Å². The molecule has 0 N–H and O–H groups in total. The minimum atomic E-state index is -6.71. The Morgan fingerprint density at radius 2 is 1.74 bits per heavy atom. The molecule has 0 saturated carbocycles. The van der Waals surface area contributed by atoms with E-state index in [1.165, 1.54) is 0 Å². The highest BCUT2D eigenvalue weighted by Crippen LogP contribution is 2.53. The number of esters is 1. The lowest BCUT2D eigenvalue weighted by Gasteiger charge is -2.29. The molecule has 0 radical (unpaired) electrons. The van der Waals surface area contributed by atoms with E-state index < -0.39 is 47.8 Å². The fraction of sp³-hybridized carbons (Fsp3) is 0.417. The van der Waals surface area contributed by atoms with E-state index in [2.05, 4.69) is 9.15 Å². The van der Waals surface area contributed by atoms with Crippen molar-refractivity contribution in [2.75, 3.05) is 6.61 Å². The minimum absolute atomic E-state index is 0.495. The van der Waals surface area contributed by atoms with Crippen molar-refractivity contribution in [1.29, 1.82) is 0 Å². The second-order valence-electron chi connectivity index (χ2n) is 4.03. The van der Waals surface area contributed by atoms with Crippen LogP contribution in [0.4, 0.5) is 35.1 Å². The third-order valence-corrected chi connectivity index (χ3v) is 2.51. The van der Waals surface area contributed by atoms with E-state index in [9.17, 15) is 39.9 Å². The summed E-state index contributed by atoms with van der Waals surface area (Å²) in [6, 6.07) is 1.32. The standard InChI is InChI=1S/C12H8F8O3/c1-2-22-9(21)8(13)7(6-4-3-5-23-6)10(14,15)11(16,17)12(18,19)20/h3-5H,2H2,1H3/b8-7-. The fourth-order valence-electron chi connectivity index (χ4n) is 1.45. The molecule has 0 aliphatic rings. The molecule has 1 rings (SSSR count). The summed E-state index contributed by atoms with van der Waals surface area (Å²) >= 11 is 0. The molecule has 0 aliphatic carbocycles. The van der Waals surface area contributed by atoms with E-state index in [1.54, 1.807) is 0 Å². The average molecular weight is 352 g/mol. The SMILES string of the molecule is CCOC(=O)/C(F)=C(\c1ccco1)C(F)(F)C(F)(F)C(F)(F)F. The summed E-state index contributed by atoms with van der Waals surface area (Å²) in [6.45, 7) is 0.610. The van der Waals surface area contributed by atoms with Gasteiger partial charge in [-0.25, -0.2) is 4.79 Å². The molecule has 23 heavy (non-hydrogen) atoms. The lowest BCUT2D eigenvalue weighted by molar-refractivity contribution is -0.339. The van der Waals surface area contributed by atoms with Gasteiger partial charge in [-0.3, -0.25) is 0 Å². The Kier molecular flexibility index (Phi) is 5.12. The molecule has 0 atom stereocenters. The van der Waals surface area contributed by atoms with Crippen molar-refractivity contribution < 1.29 is 49.1 Å². The third kappa shape index (κ3) is 3.32.